The Balaban J connectivity index is 1.46. The Morgan fingerprint density at radius 3 is 2.62 bits per heavy atom. The first-order chi connectivity index (χ1) is 17.7. The van der Waals surface area contributed by atoms with Crippen molar-refractivity contribution in [2.45, 2.75) is 31.7 Å². The molecule has 0 aromatic carbocycles. The molecule has 1 saturated heterocycles. The van der Waals surface area contributed by atoms with Gasteiger partial charge in [-0.15, -0.1) is 0 Å². The van der Waals surface area contributed by atoms with Crippen LogP contribution in [-0.4, -0.2) is 74.4 Å². The Bertz CT molecular complexity index is 1520. The zero-order chi connectivity index (χ0) is 26.2. The number of aromatic nitrogens is 6. The number of nitrogens with one attached hydrogen (secondary N) is 2. The number of nitrogens with zero attached hydrogens (tertiary/aromatic N) is 7. The summed E-state index contributed by atoms with van der Waals surface area (Å²) in [5, 5.41) is 15.1. The van der Waals surface area contributed by atoms with Crippen molar-refractivity contribution in [2.24, 2.45) is 0 Å². The lowest BCUT2D eigenvalue weighted by Crippen LogP contribution is -2.37. The first-order valence-corrected chi connectivity index (χ1v) is 13.9. The molecule has 1 aliphatic heterocycles. The van der Waals surface area contributed by atoms with Crippen LogP contribution in [0.25, 0.3) is 11.5 Å². The highest BCUT2D eigenvalue weighted by Gasteiger charge is 2.28. The Morgan fingerprint density at radius 1 is 1.16 bits per heavy atom. The first-order valence-electron chi connectivity index (χ1n) is 12.0. The molecule has 5 heterocycles. The van der Waals surface area contributed by atoms with Gasteiger partial charge in [0.2, 0.25) is 10.0 Å². The zero-order valence-electron chi connectivity index (χ0n) is 20.9. The Labute approximate surface area is 214 Å². The normalized spacial score (nSPS) is 16.2. The first kappa shape index (κ1) is 25.0. The topological polar surface area (TPSA) is 139 Å². The van der Waals surface area contributed by atoms with Gasteiger partial charge in [-0.25, -0.2) is 27.2 Å². The summed E-state index contributed by atoms with van der Waals surface area (Å²) in [6.07, 6.45) is 9.10. The Morgan fingerprint density at radius 2 is 1.95 bits per heavy atom. The molecule has 0 aliphatic carbocycles. The molecule has 1 aliphatic rings. The average molecular weight is 524 g/mol. The van der Waals surface area contributed by atoms with Crippen LogP contribution < -0.4 is 10.6 Å². The molecule has 4 aromatic rings. The van der Waals surface area contributed by atoms with Crippen molar-refractivity contribution in [3.8, 4) is 5.82 Å². The molecule has 12 nitrogen and oxygen atoms in total. The van der Waals surface area contributed by atoms with Crippen LogP contribution in [-0.2, 0) is 10.0 Å². The molecule has 0 bridgehead atoms. The lowest BCUT2D eigenvalue weighted by Gasteiger charge is -2.29. The lowest BCUT2D eigenvalue weighted by atomic mass is 9.95. The molecule has 37 heavy (non-hydrogen) atoms. The summed E-state index contributed by atoms with van der Waals surface area (Å²) in [5.41, 5.74) is 2.58. The third-order valence-electron chi connectivity index (χ3n) is 6.76. The SMILES string of the molecule is CNC(C)c1ccc(-n2nc(C3CCN(S(C)(=O)=O)CC3)cc2NC(=O)c2cnn3cccnc23)nc1. The van der Waals surface area contributed by atoms with E-state index >= 15 is 0 Å². The number of pyridine rings is 1. The average Bonchev–Trinajstić information content (AvgIpc) is 3.52. The number of anilines is 1. The molecule has 0 spiro atoms. The number of piperidine rings is 1. The predicted molar refractivity (Wildman–Crippen MR) is 138 cm³/mol. The quantitative estimate of drug-likeness (QED) is 0.375. The van der Waals surface area contributed by atoms with Gasteiger partial charge in [0.05, 0.1) is 18.1 Å². The van der Waals surface area contributed by atoms with E-state index in [0.717, 1.165) is 11.3 Å². The number of sulfonamides is 1. The van der Waals surface area contributed by atoms with E-state index in [1.807, 2.05) is 32.2 Å². The standard InChI is InChI=1S/C24H29N9O3S/c1-16(25-2)18-5-6-21(27-14-18)33-22(29-24(34)19-15-28-32-10-4-9-26-23(19)32)13-20(30-33)17-7-11-31(12-8-17)37(3,35)36/h4-6,9-10,13-17,25H,7-8,11-12H2,1-3H3,(H,29,34). The molecule has 1 unspecified atom stereocenters. The maximum atomic E-state index is 13.2. The van der Waals surface area contributed by atoms with E-state index in [1.165, 1.54) is 21.3 Å². The Kier molecular flexibility index (Phi) is 6.75. The third-order valence-corrected chi connectivity index (χ3v) is 8.06. The Hall–Kier alpha value is -3.68. The fraction of sp³-hybridized carbons (Fsp3) is 0.375. The molecule has 13 heteroatoms. The molecule has 194 valence electrons. The minimum Gasteiger partial charge on any atom is -0.313 e. The van der Waals surface area contributed by atoms with Crippen LogP contribution in [0, 0.1) is 0 Å². The highest BCUT2D eigenvalue weighted by Crippen LogP contribution is 2.31. The fourth-order valence-corrected chi connectivity index (χ4v) is 5.34. The number of rotatable bonds is 7. The smallest absolute Gasteiger partial charge is 0.262 e. The summed E-state index contributed by atoms with van der Waals surface area (Å²) >= 11 is 0. The van der Waals surface area contributed by atoms with Gasteiger partial charge < -0.3 is 10.6 Å². The third kappa shape index (κ3) is 5.10. The van der Waals surface area contributed by atoms with E-state index in [-0.39, 0.29) is 17.9 Å². The molecule has 5 rings (SSSR count). The highest BCUT2D eigenvalue weighted by atomic mass is 32.2. The molecule has 4 aromatic heterocycles. The minimum atomic E-state index is -3.23. The molecule has 0 saturated carbocycles. The number of hydrogen-bond donors (Lipinski definition) is 2. The van der Waals surface area contributed by atoms with Crippen LogP contribution in [0.15, 0.2) is 49.1 Å². The van der Waals surface area contributed by atoms with Gasteiger partial charge in [-0.3, -0.25) is 4.79 Å². The number of fused-ring (bicyclic) bond motifs is 1. The maximum Gasteiger partial charge on any atom is 0.262 e. The molecular formula is C24H29N9O3S. The van der Waals surface area contributed by atoms with Gasteiger partial charge in [-0.2, -0.15) is 14.9 Å². The lowest BCUT2D eigenvalue weighted by molar-refractivity contribution is 0.102. The molecule has 2 N–H and O–H groups in total. The van der Waals surface area contributed by atoms with E-state index in [0.29, 0.717) is 48.8 Å². The van der Waals surface area contributed by atoms with Gasteiger partial charge in [0.15, 0.2) is 11.5 Å². The summed E-state index contributed by atoms with van der Waals surface area (Å²) in [7, 11) is -1.34. The highest BCUT2D eigenvalue weighted by molar-refractivity contribution is 7.88. The van der Waals surface area contributed by atoms with Crippen LogP contribution in [0.2, 0.25) is 0 Å². The molecular weight excluding hydrogens is 494 g/mol. The fourth-order valence-electron chi connectivity index (χ4n) is 4.46. The van der Waals surface area contributed by atoms with E-state index in [9.17, 15) is 13.2 Å². The van der Waals surface area contributed by atoms with E-state index < -0.39 is 10.0 Å². The van der Waals surface area contributed by atoms with Crippen molar-refractivity contribution >= 4 is 27.4 Å². The minimum absolute atomic E-state index is 0.0529. The van der Waals surface area contributed by atoms with Crippen molar-refractivity contribution < 1.29 is 13.2 Å². The predicted octanol–water partition coefficient (Wildman–Crippen LogP) is 1.98. The number of carbonyl (C=O) groups is 1. The zero-order valence-corrected chi connectivity index (χ0v) is 21.7. The van der Waals surface area contributed by atoms with Crippen molar-refractivity contribution in [3.63, 3.8) is 0 Å². The summed E-state index contributed by atoms with van der Waals surface area (Å²) in [5.74, 6) is 0.703. The van der Waals surface area contributed by atoms with Crippen LogP contribution in [0.1, 0.15) is 53.3 Å². The molecule has 0 radical (unpaired) electrons. The van der Waals surface area contributed by atoms with Gasteiger partial charge in [-0.05, 0) is 44.5 Å². The maximum absolute atomic E-state index is 13.2. The van der Waals surface area contributed by atoms with Crippen LogP contribution in [0.3, 0.4) is 0 Å². The summed E-state index contributed by atoms with van der Waals surface area (Å²) in [4.78, 5) is 22.1. The van der Waals surface area contributed by atoms with Crippen LogP contribution in [0.4, 0.5) is 5.82 Å². The van der Waals surface area contributed by atoms with Crippen molar-refractivity contribution in [1.82, 2.24) is 39.0 Å². The summed E-state index contributed by atoms with van der Waals surface area (Å²) in [6.45, 7) is 2.91. The number of carbonyl (C=O) groups excluding carboxylic acids is 1. The molecule has 1 amide bonds. The van der Waals surface area contributed by atoms with Crippen LogP contribution >= 0.6 is 0 Å². The second kappa shape index (κ2) is 10.00. The second-order valence-corrected chi connectivity index (χ2v) is 11.1. The van der Waals surface area contributed by atoms with Crippen LogP contribution in [0.5, 0.6) is 0 Å². The number of amides is 1. The van der Waals surface area contributed by atoms with Gasteiger partial charge >= 0.3 is 0 Å². The monoisotopic (exact) mass is 523 g/mol. The largest absolute Gasteiger partial charge is 0.313 e. The van der Waals surface area contributed by atoms with Gasteiger partial charge in [0.25, 0.3) is 5.91 Å². The number of hydrogen-bond acceptors (Lipinski definition) is 8. The van der Waals surface area contributed by atoms with Gasteiger partial charge in [0, 0.05) is 49.7 Å². The van der Waals surface area contributed by atoms with E-state index in [4.69, 9.17) is 5.10 Å². The van der Waals surface area contributed by atoms with Crippen molar-refractivity contribution in [3.05, 3.63) is 65.9 Å². The van der Waals surface area contributed by atoms with E-state index in [1.54, 1.807) is 29.3 Å². The molecule has 1 atom stereocenters. The second-order valence-electron chi connectivity index (χ2n) is 9.16. The van der Waals surface area contributed by atoms with Crippen molar-refractivity contribution in [2.75, 3.05) is 31.7 Å². The van der Waals surface area contributed by atoms with Gasteiger partial charge in [-0.1, -0.05) is 6.07 Å². The van der Waals surface area contributed by atoms with Gasteiger partial charge in [0.1, 0.15) is 11.4 Å². The molecule has 1 fully saturated rings. The summed E-state index contributed by atoms with van der Waals surface area (Å²) < 4.78 is 28.5. The van der Waals surface area contributed by atoms with E-state index in [2.05, 4.69) is 25.7 Å². The van der Waals surface area contributed by atoms with Crippen molar-refractivity contribution in [1.29, 1.82) is 0 Å². The summed E-state index contributed by atoms with van der Waals surface area (Å²) in [6, 6.07) is 7.54.